The number of hydrogen-bond acceptors (Lipinski definition) is 2. The Kier molecular flexibility index (Phi) is 4.23. The lowest BCUT2D eigenvalue weighted by Gasteiger charge is -2.24. The summed E-state index contributed by atoms with van der Waals surface area (Å²) in [5, 5.41) is 9.23. The molecule has 19 heavy (non-hydrogen) atoms. The Bertz CT molecular complexity index is 518. The monoisotopic (exact) mass is 256 g/mol. The Morgan fingerprint density at radius 2 is 1.63 bits per heavy atom. The molecular weight excluding hydrogens is 236 g/mol. The Labute approximate surface area is 114 Å². The van der Waals surface area contributed by atoms with Crippen LogP contribution in [0.5, 0.6) is 5.75 Å². The van der Waals surface area contributed by atoms with Gasteiger partial charge in [-0.15, -0.1) is 0 Å². The van der Waals surface area contributed by atoms with Gasteiger partial charge in [-0.3, -0.25) is 0 Å². The smallest absolute Gasteiger partial charge is 0.126 e. The number of benzene rings is 2. The van der Waals surface area contributed by atoms with Crippen LogP contribution in [0.25, 0.3) is 0 Å². The molecule has 0 radical (unpaired) electrons. The van der Waals surface area contributed by atoms with E-state index in [1.54, 1.807) is 0 Å². The lowest BCUT2D eigenvalue weighted by molar-refractivity contribution is 0.0412. The van der Waals surface area contributed by atoms with Gasteiger partial charge in [-0.05, 0) is 43.5 Å². The van der Waals surface area contributed by atoms with E-state index in [2.05, 4.69) is 18.2 Å². The number of aliphatic hydroxyl groups excluding tert-OH is 1. The number of rotatable bonds is 5. The summed E-state index contributed by atoms with van der Waals surface area (Å²) < 4.78 is 5.78. The van der Waals surface area contributed by atoms with E-state index in [4.69, 9.17) is 4.74 Å². The molecule has 0 aliphatic rings. The largest absolute Gasteiger partial charge is 0.485 e. The van der Waals surface area contributed by atoms with E-state index in [-0.39, 0.29) is 6.61 Å². The highest BCUT2D eigenvalue weighted by Crippen LogP contribution is 2.21. The topological polar surface area (TPSA) is 29.5 Å². The minimum Gasteiger partial charge on any atom is -0.485 e. The fourth-order valence-electron chi connectivity index (χ4n) is 1.90. The third-order valence-electron chi connectivity index (χ3n) is 2.92. The van der Waals surface area contributed by atoms with Crippen molar-refractivity contribution < 1.29 is 9.84 Å². The fourth-order valence-corrected chi connectivity index (χ4v) is 1.90. The highest BCUT2D eigenvalue weighted by molar-refractivity contribution is 5.33. The van der Waals surface area contributed by atoms with Crippen molar-refractivity contribution in [1.29, 1.82) is 0 Å². The number of ether oxygens (including phenoxy) is 1. The molecule has 2 heteroatoms. The first kappa shape index (κ1) is 13.6. The minimum atomic E-state index is -0.550. The second kappa shape index (κ2) is 5.89. The van der Waals surface area contributed by atoms with Crippen molar-refractivity contribution in [2.75, 3.05) is 6.61 Å². The lowest BCUT2D eigenvalue weighted by Crippen LogP contribution is -2.32. The molecule has 0 unspecified atom stereocenters. The summed E-state index contributed by atoms with van der Waals surface area (Å²) in [5.41, 5.74) is 1.93. The molecule has 0 atom stereocenters. The molecule has 0 aromatic heterocycles. The second-order valence-electron chi connectivity index (χ2n) is 5.33. The van der Waals surface area contributed by atoms with Crippen LogP contribution in [0.4, 0.5) is 0 Å². The first-order valence-electron chi connectivity index (χ1n) is 6.52. The first-order chi connectivity index (χ1) is 9.09. The van der Waals surface area contributed by atoms with Crippen LogP contribution in [-0.2, 0) is 6.42 Å². The average Bonchev–Trinajstić information content (AvgIpc) is 2.40. The van der Waals surface area contributed by atoms with Crippen molar-refractivity contribution in [1.82, 2.24) is 0 Å². The second-order valence-corrected chi connectivity index (χ2v) is 5.33. The van der Waals surface area contributed by atoms with Crippen LogP contribution in [0.1, 0.15) is 25.0 Å². The van der Waals surface area contributed by atoms with Crippen molar-refractivity contribution in [3.05, 3.63) is 65.7 Å². The number of aliphatic hydroxyl groups is 1. The van der Waals surface area contributed by atoms with Crippen LogP contribution in [0.15, 0.2) is 54.6 Å². The van der Waals surface area contributed by atoms with Gasteiger partial charge in [0.1, 0.15) is 11.4 Å². The van der Waals surface area contributed by atoms with Gasteiger partial charge in [-0.1, -0.05) is 42.5 Å². The maximum Gasteiger partial charge on any atom is 0.126 e. The summed E-state index contributed by atoms with van der Waals surface area (Å²) in [4.78, 5) is 0. The van der Waals surface area contributed by atoms with Crippen molar-refractivity contribution in [2.24, 2.45) is 0 Å². The molecule has 0 saturated carbocycles. The maximum absolute atomic E-state index is 9.23. The SMILES string of the molecule is CC(C)(CO)Oc1cccc(Cc2ccccc2)c1. The molecule has 100 valence electrons. The normalized spacial score (nSPS) is 11.3. The molecule has 0 bridgehead atoms. The minimum absolute atomic E-state index is 0.00405. The van der Waals surface area contributed by atoms with Gasteiger partial charge >= 0.3 is 0 Å². The molecule has 2 aromatic rings. The third kappa shape index (κ3) is 4.11. The summed E-state index contributed by atoms with van der Waals surface area (Å²) in [6.07, 6.45) is 0.887. The molecule has 0 aliphatic heterocycles. The van der Waals surface area contributed by atoms with Crippen LogP contribution < -0.4 is 4.74 Å². The quantitative estimate of drug-likeness (QED) is 0.888. The predicted octanol–water partition coefficient (Wildman–Crippen LogP) is 3.43. The molecule has 0 spiro atoms. The molecular formula is C17H20O2. The van der Waals surface area contributed by atoms with E-state index in [0.29, 0.717) is 0 Å². The van der Waals surface area contributed by atoms with Gasteiger partial charge in [0.05, 0.1) is 6.61 Å². The predicted molar refractivity (Wildman–Crippen MR) is 77.5 cm³/mol. The fraction of sp³-hybridized carbons (Fsp3) is 0.294. The zero-order valence-electron chi connectivity index (χ0n) is 11.5. The lowest BCUT2D eigenvalue weighted by atomic mass is 10.0. The summed E-state index contributed by atoms with van der Waals surface area (Å²) in [7, 11) is 0. The highest BCUT2D eigenvalue weighted by Gasteiger charge is 2.18. The third-order valence-corrected chi connectivity index (χ3v) is 2.92. The number of hydrogen-bond donors (Lipinski definition) is 1. The van der Waals surface area contributed by atoms with E-state index in [1.807, 2.05) is 50.2 Å². The van der Waals surface area contributed by atoms with E-state index in [1.165, 1.54) is 11.1 Å². The first-order valence-corrected chi connectivity index (χ1v) is 6.52. The van der Waals surface area contributed by atoms with E-state index in [0.717, 1.165) is 12.2 Å². The van der Waals surface area contributed by atoms with Crippen LogP contribution in [0, 0.1) is 0 Å². The van der Waals surface area contributed by atoms with Crippen LogP contribution >= 0.6 is 0 Å². The Balaban J connectivity index is 2.11. The Hall–Kier alpha value is -1.80. The molecule has 2 aromatic carbocycles. The van der Waals surface area contributed by atoms with Gasteiger partial charge < -0.3 is 9.84 Å². The van der Waals surface area contributed by atoms with Gasteiger partial charge in [0, 0.05) is 0 Å². The molecule has 2 rings (SSSR count). The average molecular weight is 256 g/mol. The van der Waals surface area contributed by atoms with Gasteiger partial charge in [0.15, 0.2) is 0 Å². The van der Waals surface area contributed by atoms with Gasteiger partial charge in [-0.25, -0.2) is 0 Å². The van der Waals surface area contributed by atoms with Crippen LogP contribution in [0.3, 0.4) is 0 Å². The standard InChI is InChI=1S/C17H20O2/c1-17(2,13-18)19-16-10-6-9-15(12-16)11-14-7-4-3-5-8-14/h3-10,12,18H,11,13H2,1-2H3. The molecule has 0 fully saturated rings. The zero-order chi connectivity index (χ0) is 13.7. The van der Waals surface area contributed by atoms with E-state index < -0.39 is 5.60 Å². The highest BCUT2D eigenvalue weighted by atomic mass is 16.5. The molecule has 0 aliphatic carbocycles. The molecule has 0 heterocycles. The van der Waals surface area contributed by atoms with Crippen molar-refractivity contribution in [3.8, 4) is 5.75 Å². The summed E-state index contributed by atoms with van der Waals surface area (Å²) in [6, 6.07) is 18.4. The van der Waals surface area contributed by atoms with E-state index >= 15 is 0 Å². The molecule has 0 saturated heterocycles. The summed E-state index contributed by atoms with van der Waals surface area (Å²) >= 11 is 0. The van der Waals surface area contributed by atoms with Gasteiger partial charge in [0.2, 0.25) is 0 Å². The van der Waals surface area contributed by atoms with Crippen molar-refractivity contribution >= 4 is 0 Å². The molecule has 1 N–H and O–H groups in total. The summed E-state index contributed by atoms with van der Waals surface area (Å²) in [6.45, 7) is 3.74. The Morgan fingerprint density at radius 3 is 2.32 bits per heavy atom. The van der Waals surface area contributed by atoms with Crippen LogP contribution in [0.2, 0.25) is 0 Å². The van der Waals surface area contributed by atoms with E-state index in [9.17, 15) is 5.11 Å². The van der Waals surface area contributed by atoms with Crippen molar-refractivity contribution in [2.45, 2.75) is 25.9 Å². The maximum atomic E-state index is 9.23. The molecule has 2 nitrogen and oxygen atoms in total. The Morgan fingerprint density at radius 1 is 0.947 bits per heavy atom. The van der Waals surface area contributed by atoms with Gasteiger partial charge in [0.25, 0.3) is 0 Å². The zero-order valence-corrected chi connectivity index (χ0v) is 11.5. The van der Waals surface area contributed by atoms with Gasteiger partial charge in [-0.2, -0.15) is 0 Å². The van der Waals surface area contributed by atoms with Crippen LogP contribution in [-0.4, -0.2) is 17.3 Å². The molecule has 0 amide bonds. The van der Waals surface area contributed by atoms with Crippen molar-refractivity contribution in [3.63, 3.8) is 0 Å². The summed E-state index contributed by atoms with van der Waals surface area (Å²) in [5.74, 6) is 0.799.